The summed E-state index contributed by atoms with van der Waals surface area (Å²) in [6, 6.07) is 7.46. The van der Waals surface area contributed by atoms with E-state index in [1.165, 1.54) is 17.8 Å². The number of aromatic nitrogens is 4. The van der Waals surface area contributed by atoms with Gasteiger partial charge in [-0.05, 0) is 13.0 Å². The molecule has 3 N–H and O–H groups in total. The Morgan fingerprint density at radius 1 is 1.30 bits per heavy atom. The number of anilines is 2. The van der Waals surface area contributed by atoms with Crippen molar-refractivity contribution < 1.29 is 9.59 Å². The summed E-state index contributed by atoms with van der Waals surface area (Å²) in [5.74, 6) is -0.128. The summed E-state index contributed by atoms with van der Waals surface area (Å²) in [7, 11) is 0. The molecule has 0 spiro atoms. The van der Waals surface area contributed by atoms with Crippen LogP contribution in [0.3, 0.4) is 0 Å². The van der Waals surface area contributed by atoms with Crippen LogP contribution in [-0.4, -0.2) is 31.4 Å². The summed E-state index contributed by atoms with van der Waals surface area (Å²) < 4.78 is 2.95. The molecule has 1 amide bonds. The lowest BCUT2D eigenvalue weighted by atomic mass is 10.2. The number of amides is 1. The molecule has 3 aromatic rings. The van der Waals surface area contributed by atoms with Crippen LogP contribution in [0, 0.1) is 6.92 Å². The van der Waals surface area contributed by atoms with Crippen molar-refractivity contribution in [3.05, 3.63) is 36.2 Å². The Bertz CT molecular complexity index is 908. The van der Waals surface area contributed by atoms with Gasteiger partial charge in [0.2, 0.25) is 5.91 Å². The maximum absolute atomic E-state index is 12.6. The molecular weight excluding hydrogens is 296 g/mol. The van der Waals surface area contributed by atoms with Gasteiger partial charge in [0.05, 0.1) is 17.4 Å². The monoisotopic (exact) mass is 312 g/mol. The molecule has 23 heavy (non-hydrogen) atoms. The van der Waals surface area contributed by atoms with Crippen LogP contribution in [0.4, 0.5) is 11.5 Å². The van der Waals surface area contributed by atoms with Gasteiger partial charge in [0.15, 0.2) is 5.82 Å². The molecule has 0 saturated carbocycles. The van der Waals surface area contributed by atoms with Crippen LogP contribution in [0.1, 0.15) is 17.4 Å². The molecule has 0 aliphatic carbocycles. The fraction of sp³-hybridized carbons (Fsp3) is 0.200. The molecule has 2 heterocycles. The Kier molecular flexibility index (Phi) is 3.57. The number of nitrogens with one attached hydrogen (secondary N) is 1. The molecular formula is C15H16N6O2. The molecule has 8 nitrogen and oxygen atoms in total. The molecule has 1 aromatic carbocycles. The summed E-state index contributed by atoms with van der Waals surface area (Å²) >= 11 is 0. The average Bonchev–Trinajstić information content (AvgIpc) is 3.02. The van der Waals surface area contributed by atoms with Crippen LogP contribution in [-0.2, 0) is 11.3 Å². The molecule has 8 heteroatoms. The third-order valence-corrected chi connectivity index (χ3v) is 3.55. The summed E-state index contributed by atoms with van der Waals surface area (Å²) in [5.41, 5.74) is 8.12. The van der Waals surface area contributed by atoms with Gasteiger partial charge in [-0.25, -0.2) is 4.68 Å². The molecule has 2 aromatic heterocycles. The number of benzene rings is 1. The van der Waals surface area contributed by atoms with E-state index in [4.69, 9.17) is 5.73 Å². The van der Waals surface area contributed by atoms with Gasteiger partial charge in [-0.2, -0.15) is 0 Å². The van der Waals surface area contributed by atoms with Gasteiger partial charge in [-0.15, -0.1) is 5.10 Å². The van der Waals surface area contributed by atoms with Gasteiger partial charge < -0.3 is 11.1 Å². The van der Waals surface area contributed by atoms with E-state index in [0.29, 0.717) is 17.2 Å². The maximum atomic E-state index is 12.6. The van der Waals surface area contributed by atoms with E-state index in [-0.39, 0.29) is 18.4 Å². The lowest BCUT2D eigenvalue weighted by Gasteiger charge is -2.06. The predicted octanol–water partition coefficient (Wildman–Crippen LogP) is 1.42. The second kappa shape index (κ2) is 5.56. The lowest BCUT2D eigenvalue weighted by molar-refractivity contribution is -0.114. The molecule has 0 aliphatic rings. The molecule has 0 bridgehead atoms. The molecule has 0 saturated heterocycles. The number of carbonyl (C=O) groups excluding carboxylic acids is 2. The number of nitrogen functional groups attached to an aromatic ring is 1. The zero-order valence-corrected chi connectivity index (χ0v) is 12.8. The largest absolute Gasteiger partial charge is 0.397 e. The zero-order chi connectivity index (χ0) is 16.6. The minimum absolute atomic E-state index is 0.00839. The van der Waals surface area contributed by atoms with Crippen molar-refractivity contribution in [3.8, 4) is 0 Å². The molecule has 0 fully saturated rings. The summed E-state index contributed by atoms with van der Waals surface area (Å²) in [5, 5.41) is 11.0. The average molecular weight is 312 g/mol. The topological polar surface area (TPSA) is 108 Å². The van der Waals surface area contributed by atoms with Crippen LogP contribution in [0.5, 0.6) is 0 Å². The smallest absolute Gasteiger partial charge is 0.253 e. The van der Waals surface area contributed by atoms with Gasteiger partial charge in [-0.1, -0.05) is 23.4 Å². The van der Waals surface area contributed by atoms with E-state index in [1.54, 1.807) is 11.5 Å². The second-order valence-electron chi connectivity index (χ2n) is 5.23. The predicted molar refractivity (Wildman–Crippen MR) is 86.0 cm³/mol. The van der Waals surface area contributed by atoms with Gasteiger partial charge in [-0.3, -0.25) is 14.2 Å². The molecule has 3 rings (SSSR count). The van der Waals surface area contributed by atoms with Crippen molar-refractivity contribution in [1.29, 1.82) is 0 Å². The number of rotatable bonds is 3. The minimum Gasteiger partial charge on any atom is -0.397 e. The maximum Gasteiger partial charge on any atom is 0.253 e. The molecule has 118 valence electrons. The molecule has 0 atom stereocenters. The van der Waals surface area contributed by atoms with E-state index in [1.807, 2.05) is 24.3 Å². The van der Waals surface area contributed by atoms with E-state index < -0.39 is 0 Å². The van der Waals surface area contributed by atoms with Crippen molar-refractivity contribution >= 4 is 34.2 Å². The number of para-hydroxylation sites is 1. The fourth-order valence-corrected chi connectivity index (χ4v) is 2.54. The highest BCUT2D eigenvalue weighted by Crippen LogP contribution is 2.27. The van der Waals surface area contributed by atoms with Gasteiger partial charge in [0.1, 0.15) is 6.54 Å². The van der Waals surface area contributed by atoms with Gasteiger partial charge >= 0.3 is 0 Å². The van der Waals surface area contributed by atoms with Crippen molar-refractivity contribution in [2.45, 2.75) is 20.4 Å². The summed E-state index contributed by atoms with van der Waals surface area (Å²) in [6.45, 7) is 3.17. The zero-order valence-electron chi connectivity index (χ0n) is 12.8. The number of nitrogens with zero attached hydrogens (tertiary/aromatic N) is 4. The molecule has 0 unspecified atom stereocenters. The summed E-state index contributed by atoms with van der Waals surface area (Å²) in [4.78, 5) is 23.6. The van der Waals surface area contributed by atoms with E-state index >= 15 is 0 Å². The van der Waals surface area contributed by atoms with Crippen molar-refractivity contribution in [3.63, 3.8) is 0 Å². The van der Waals surface area contributed by atoms with Gasteiger partial charge in [0.25, 0.3) is 5.91 Å². The first-order chi connectivity index (χ1) is 11.0. The highest BCUT2D eigenvalue weighted by atomic mass is 16.2. The highest BCUT2D eigenvalue weighted by Gasteiger charge is 2.17. The van der Waals surface area contributed by atoms with Crippen molar-refractivity contribution in [2.24, 2.45) is 0 Å². The number of fused-ring (bicyclic) bond motifs is 1. The van der Waals surface area contributed by atoms with Crippen molar-refractivity contribution in [1.82, 2.24) is 19.6 Å². The highest BCUT2D eigenvalue weighted by molar-refractivity contribution is 6.01. The fourth-order valence-electron chi connectivity index (χ4n) is 2.54. The Hall–Kier alpha value is -3.16. The van der Waals surface area contributed by atoms with E-state index in [9.17, 15) is 9.59 Å². The first kappa shape index (κ1) is 14.8. The minimum atomic E-state index is -0.247. The normalized spacial score (nSPS) is 10.9. The Balaban J connectivity index is 1.91. The van der Waals surface area contributed by atoms with Crippen molar-refractivity contribution in [2.75, 3.05) is 11.1 Å². The Morgan fingerprint density at radius 3 is 2.78 bits per heavy atom. The SMILES string of the molecule is CC(=O)Nc1cn(CC(=O)n2c(C)c(N)c3ccccc32)nn1. The molecule has 0 aliphatic heterocycles. The summed E-state index contributed by atoms with van der Waals surface area (Å²) in [6.07, 6.45) is 1.50. The molecule has 0 radical (unpaired) electrons. The van der Waals surface area contributed by atoms with Crippen LogP contribution >= 0.6 is 0 Å². The second-order valence-corrected chi connectivity index (χ2v) is 5.23. The number of hydrogen-bond donors (Lipinski definition) is 2. The first-order valence-corrected chi connectivity index (χ1v) is 7.04. The standard InChI is InChI=1S/C15H16N6O2/c1-9-15(16)11-5-3-4-6-12(11)21(9)14(23)8-20-7-13(18-19-20)17-10(2)22/h3-7H,8,16H2,1-2H3,(H,17,22). The van der Waals surface area contributed by atoms with Crippen LogP contribution in [0.25, 0.3) is 10.9 Å². The third-order valence-electron chi connectivity index (χ3n) is 3.55. The van der Waals surface area contributed by atoms with Crippen LogP contribution in [0.15, 0.2) is 30.5 Å². The first-order valence-electron chi connectivity index (χ1n) is 7.04. The number of nitrogens with two attached hydrogens (primary N) is 1. The van der Waals surface area contributed by atoms with E-state index in [2.05, 4.69) is 15.6 Å². The van der Waals surface area contributed by atoms with Crippen LogP contribution < -0.4 is 11.1 Å². The number of carbonyl (C=O) groups is 2. The number of hydrogen-bond acceptors (Lipinski definition) is 5. The van der Waals surface area contributed by atoms with E-state index in [0.717, 1.165) is 10.9 Å². The lowest BCUT2D eigenvalue weighted by Crippen LogP contribution is -2.19. The Morgan fingerprint density at radius 2 is 2.04 bits per heavy atom. The van der Waals surface area contributed by atoms with Crippen LogP contribution in [0.2, 0.25) is 0 Å². The third kappa shape index (κ3) is 2.66. The Labute approximate surface area is 131 Å². The quantitative estimate of drug-likeness (QED) is 0.760. The van der Waals surface area contributed by atoms with Gasteiger partial charge in [0, 0.05) is 18.0 Å².